The molecule has 0 saturated carbocycles. The zero-order valence-corrected chi connectivity index (χ0v) is 13.1. The van der Waals surface area contributed by atoms with Crippen molar-refractivity contribution in [2.45, 2.75) is 25.3 Å². The lowest BCUT2D eigenvalue weighted by molar-refractivity contribution is 0.367. The van der Waals surface area contributed by atoms with Crippen molar-refractivity contribution in [2.75, 3.05) is 6.54 Å². The molecule has 0 spiro atoms. The highest BCUT2D eigenvalue weighted by atomic mass is 127. The summed E-state index contributed by atoms with van der Waals surface area (Å²) in [5.41, 5.74) is 0.861. The molecule has 1 fully saturated rings. The second kappa shape index (κ2) is 5.76. The molecule has 6 heteroatoms. The number of nitrogens with one attached hydrogen (secondary N) is 1. The molecule has 1 saturated heterocycles. The van der Waals surface area contributed by atoms with Crippen LogP contribution in [0.25, 0.3) is 11.5 Å². The molecule has 4 nitrogen and oxygen atoms in total. The van der Waals surface area contributed by atoms with Crippen LogP contribution in [0.2, 0.25) is 5.02 Å². The Bertz CT molecular complexity index is 581. The smallest absolute Gasteiger partial charge is 0.258 e. The summed E-state index contributed by atoms with van der Waals surface area (Å²) in [7, 11) is 0. The van der Waals surface area contributed by atoms with Gasteiger partial charge in [-0.15, -0.1) is 0 Å². The molecule has 1 atom stereocenters. The van der Waals surface area contributed by atoms with Crippen molar-refractivity contribution in [3.05, 3.63) is 32.6 Å². The van der Waals surface area contributed by atoms with E-state index in [1.165, 1.54) is 12.8 Å². The number of nitrogens with zero attached hydrogens (tertiary/aromatic N) is 2. The van der Waals surface area contributed by atoms with E-state index in [4.69, 9.17) is 16.1 Å². The van der Waals surface area contributed by atoms with Gasteiger partial charge in [-0.1, -0.05) is 23.2 Å². The quantitative estimate of drug-likeness (QED) is 0.794. The minimum absolute atomic E-state index is 0.213. The fraction of sp³-hybridized carbons (Fsp3) is 0.385. The maximum Gasteiger partial charge on any atom is 0.258 e. The van der Waals surface area contributed by atoms with Gasteiger partial charge >= 0.3 is 0 Å². The van der Waals surface area contributed by atoms with Crippen LogP contribution in [0.3, 0.4) is 0 Å². The minimum Gasteiger partial charge on any atom is -0.334 e. The molecule has 0 radical (unpaired) electrons. The maximum absolute atomic E-state index is 6.11. The summed E-state index contributed by atoms with van der Waals surface area (Å²) >= 11 is 8.30. The Morgan fingerprint density at radius 1 is 1.37 bits per heavy atom. The Morgan fingerprint density at radius 3 is 3.00 bits per heavy atom. The van der Waals surface area contributed by atoms with Crippen molar-refractivity contribution in [3.63, 3.8) is 0 Å². The van der Waals surface area contributed by atoms with Crippen molar-refractivity contribution in [3.8, 4) is 11.5 Å². The molecule has 2 aromatic rings. The van der Waals surface area contributed by atoms with Gasteiger partial charge in [-0.25, -0.2) is 0 Å². The highest BCUT2D eigenvalue weighted by molar-refractivity contribution is 14.1. The Hall–Kier alpha value is -0.660. The highest BCUT2D eigenvalue weighted by Crippen LogP contribution is 2.27. The van der Waals surface area contributed by atoms with E-state index in [2.05, 4.69) is 38.0 Å². The monoisotopic (exact) mass is 389 g/mol. The van der Waals surface area contributed by atoms with E-state index in [1.54, 1.807) is 0 Å². The highest BCUT2D eigenvalue weighted by Gasteiger charge is 2.20. The molecule has 2 heterocycles. The number of piperidine rings is 1. The third kappa shape index (κ3) is 2.93. The summed E-state index contributed by atoms with van der Waals surface area (Å²) in [6, 6.07) is 5.96. The lowest BCUT2D eigenvalue weighted by Crippen LogP contribution is -2.27. The molecule has 1 N–H and O–H groups in total. The van der Waals surface area contributed by atoms with Crippen LogP contribution in [0.15, 0.2) is 22.7 Å². The normalized spacial score (nSPS) is 19.6. The number of hydrogen-bond acceptors (Lipinski definition) is 4. The van der Waals surface area contributed by atoms with Gasteiger partial charge in [0.05, 0.1) is 11.1 Å². The fourth-order valence-corrected chi connectivity index (χ4v) is 2.71. The van der Waals surface area contributed by atoms with Gasteiger partial charge < -0.3 is 9.84 Å². The minimum atomic E-state index is 0.213. The summed E-state index contributed by atoms with van der Waals surface area (Å²) in [6.45, 7) is 1.02. The maximum atomic E-state index is 6.11. The lowest BCUT2D eigenvalue weighted by atomic mass is 10.0. The average molecular weight is 390 g/mol. The van der Waals surface area contributed by atoms with Crippen LogP contribution in [-0.2, 0) is 0 Å². The molecule has 1 aliphatic rings. The van der Waals surface area contributed by atoms with E-state index < -0.39 is 0 Å². The fourth-order valence-electron chi connectivity index (χ4n) is 2.20. The van der Waals surface area contributed by atoms with Crippen LogP contribution in [0.5, 0.6) is 0 Å². The summed E-state index contributed by atoms with van der Waals surface area (Å²) in [4.78, 5) is 4.47. The van der Waals surface area contributed by atoms with E-state index in [9.17, 15) is 0 Å². The summed E-state index contributed by atoms with van der Waals surface area (Å²) in [6.07, 6.45) is 3.48. The van der Waals surface area contributed by atoms with Crippen molar-refractivity contribution in [2.24, 2.45) is 0 Å². The topological polar surface area (TPSA) is 51.0 Å². The number of halogens is 2. The van der Waals surface area contributed by atoms with E-state index in [0.717, 1.165) is 27.9 Å². The van der Waals surface area contributed by atoms with Gasteiger partial charge in [0.25, 0.3) is 5.89 Å². The standard InChI is InChI=1S/C13H13ClIN3O/c14-9-7-8(4-5-10(9)15)13-17-12(18-19-13)11-3-1-2-6-16-11/h4-5,7,11,16H,1-3,6H2. The molecular formula is C13H13ClIN3O. The van der Waals surface area contributed by atoms with Crippen LogP contribution in [0, 0.1) is 3.57 Å². The molecule has 0 aliphatic carbocycles. The first-order valence-corrected chi connectivity index (χ1v) is 7.72. The van der Waals surface area contributed by atoms with E-state index in [0.29, 0.717) is 10.9 Å². The van der Waals surface area contributed by atoms with Crippen molar-refractivity contribution < 1.29 is 4.52 Å². The van der Waals surface area contributed by atoms with Gasteiger partial charge in [0.2, 0.25) is 0 Å². The lowest BCUT2D eigenvalue weighted by Gasteiger charge is -2.19. The van der Waals surface area contributed by atoms with Crippen LogP contribution >= 0.6 is 34.2 Å². The van der Waals surface area contributed by atoms with Crippen LogP contribution < -0.4 is 5.32 Å². The van der Waals surface area contributed by atoms with Gasteiger partial charge in [0.15, 0.2) is 5.82 Å². The molecule has 1 aliphatic heterocycles. The summed E-state index contributed by atoms with van der Waals surface area (Å²) in [5.74, 6) is 1.27. The number of aromatic nitrogens is 2. The van der Waals surface area contributed by atoms with Gasteiger partial charge in [-0.05, 0) is 60.2 Å². The van der Waals surface area contributed by atoms with Crippen molar-refractivity contribution in [1.82, 2.24) is 15.5 Å². The molecule has 3 rings (SSSR count). The third-order valence-corrected chi connectivity index (χ3v) is 4.80. The molecule has 0 amide bonds. The first-order chi connectivity index (χ1) is 9.24. The van der Waals surface area contributed by atoms with E-state index in [-0.39, 0.29) is 6.04 Å². The summed E-state index contributed by atoms with van der Waals surface area (Å²) < 4.78 is 6.35. The first kappa shape index (κ1) is 13.3. The third-order valence-electron chi connectivity index (χ3n) is 3.23. The van der Waals surface area contributed by atoms with Gasteiger partial charge in [-0.2, -0.15) is 4.98 Å². The predicted octanol–water partition coefficient (Wildman–Crippen LogP) is 3.81. The SMILES string of the molecule is Clc1cc(-c2nc(C3CCCCN3)no2)ccc1I. The molecule has 1 unspecified atom stereocenters. The van der Waals surface area contributed by atoms with Gasteiger partial charge in [-0.3, -0.25) is 0 Å². The van der Waals surface area contributed by atoms with Gasteiger partial charge in [0, 0.05) is 9.13 Å². The Labute approximate surface area is 130 Å². The Kier molecular flexibility index (Phi) is 4.04. The van der Waals surface area contributed by atoms with Gasteiger partial charge in [0.1, 0.15) is 0 Å². The predicted molar refractivity (Wildman–Crippen MR) is 82.1 cm³/mol. The van der Waals surface area contributed by atoms with E-state index >= 15 is 0 Å². The van der Waals surface area contributed by atoms with Crippen molar-refractivity contribution >= 4 is 34.2 Å². The Balaban J connectivity index is 1.85. The second-order valence-electron chi connectivity index (χ2n) is 4.59. The average Bonchev–Trinajstić information content (AvgIpc) is 2.93. The zero-order valence-electron chi connectivity index (χ0n) is 10.2. The molecule has 1 aromatic carbocycles. The number of rotatable bonds is 2. The molecule has 19 heavy (non-hydrogen) atoms. The number of benzene rings is 1. The number of hydrogen-bond donors (Lipinski definition) is 1. The Morgan fingerprint density at radius 2 is 2.26 bits per heavy atom. The largest absolute Gasteiger partial charge is 0.334 e. The molecule has 1 aromatic heterocycles. The zero-order chi connectivity index (χ0) is 13.2. The summed E-state index contributed by atoms with van der Waals surface area (Å²) in [5, 5.41) is 8.19. The van der Waals surface area contributed by atoms with Crippen LogP contribution in [-0.4, -0.2) is 16.7 Å². The molecular weight excluding hydrogens is 377 g/mol. The second-order valence-corrected chi connectivity index (χ2v) is 6.16. The van der Waals surface area contributed by atoms with Crippen LogP contribution in [0.1, 0.15) is 31.1 Å². The van der Waals surface area contributed by atoms with Crippen molar-refractivity contribution in [1.29, 1.82) is 0 Å². The molecule has 100 valence electrons. The molecule has 0 bridgehead atoms. The first-order valence-electron chi connectivity index (χ1n) is 6.26. The van der Waals surface area contributed by atoms with E-state index in [1.807, 2.05) is 18.2 Å². The van der Waals surface area contributed by atoms with Crippen LogP contribution in [0.4, 0.5) is 0 Å².